The Balaban J connectivity index is 2.07. The average molecular weight is 263 g/mol. The molecule has 0 radical (unpaired) electrons. The predicted molar refractivity (Wildman–Crippen MR) is 67.9 cm³/mol. The van der Waals surface area contributed by atoms with E-state index in [9.17, 15) is 0 Å². The van der Waals surface area contributed by atoms with Crippen molar-refractivity contribution < 1.29 is 18.9 Å². The Labute approximate surface area is 108 Å². The number of hydrogen-bond acceptors (Lipinski definition) is 5. The first-order valence-corrected chi connectivity index (χ1v) is 6.22. The minimum absolute atomic E-state index is 0.107. The number of rotatable bonds is 7. The van der Waals surface area contributed by atoms with E-state index in [2.05, 4.69) is 5.32 Å². The summed E-state index contributed by atoms with van der Waals surface area (Å²) in [5.74, 6) is 0. The van der Waals surface area contributed by atoms with Gasteiger partial charge in [-0.05, 0) is 6.42 Å². The summed E-state index contributed by atoms with van der Waals surface area (Å²) in [4.78, 5) is 0.780. The van der Waals surface area contributed by atoms with Gasteiger partial charge in [-0.25, -0.2) is 0 Å². The van der Waals surface area contributed by atoms with E-state index in [0.717, 1.165) is 37.5 Å². The van der Waals surface area contributed by atoms with Crippen molar-refractivity contribution in [2.45, 2.75) is 31.8 Å². The van der Waals surface area contributed by atoms with Crippen molar-refractivity contribution in [3.63, 3.8) is 0 Å². The SMILES string of the molecule is COC(CNC(=S)CCC1OCCCO1)OC. The van der Waals surface area contributed by atoms with E-state index < -0.39 is 0 Å². The summed E-state index contributed by atoms with van der Waals surface area (Å²) in [5.41, 5.74) is 0. The molecule has 0 amide bonds. The molecule has 0 spiro atoms. The fourth-order valence-electron chi connectivity index (χ4n) is 1.50. The van der Waals surface area contributed by atoms with E-state index in [0.29, 0.717) is 6.54 Å². The zero-order chi connectivity index (χ0) is 12.5. The first kappa shape index (κ1) is 14.8. The molecule has 1 N–H and O–H groups in total. The predicted octanol–water partition coefficient (Wildman–Crippen LogP) is 1.07. The zero-order valence-electron chi connectivity index (χ0n) is 10.4. The molecule has 0 aromatic rings. The molecule has 1 fully saturated rings. The van der Waals surface area contributed by atoms with Crippen LogP contribution in [0.4, 0.5) is 0 Å². The molecule has 100 valence electrons. The maximum Gasteiger partial charge on any atom is 0.173 e. The lowest BCUT2D eigenvalue weighted by molar-refractivity contribution is -0.180. The Hall–Kier alpha value is -0.270. The fraction of sp³-hybridized carbons (Fsp3) is 0.909. The van der Waals surface area contributed by atoms with Gasteiger partial charge in [0.1, 0.15) is 0 Å². The van der Waals surface area contributed by atoms with Crippen LogP contribution in [0.2, 0.25) is 0 Å². The van der Waals surface area contributed by atoms with Crippen LogP contribution >= 0.6 is 12.2 Å². The van der Waals surface area contributed by atoms with Crippen LogP contribution in [-0.4, -0.2) is 51.5 Å². The van der Waals surface area contributed by atoms with Gasteiger partial charge in [0.05, 0.1) is 24.7 Å². The molecule has 1 aliphatic heterocycles. The molecule has 1 rings (SSSR count). The molecule has 0 aliphatic carbocycles. The van der Waals surface area contributed by atoms with Crippen molar-refractivity contribution in [1.82, 2.24) is 5.32 Å². The van der Waals surface area contributed by atoms with Crippen molar-refractivity contribution in [1.29, 1.82) is 0 Å². The van der Waals surface area contributed by atoms with Gasteiger partial charge in [0.15, 0.2) is 12.6 Å². The molecule has 0 unspecified atom stereocenters. The smallest absolute Gasteiger partial charge is 0.173 e. The van der Waals surface area contributed by atoms with Gasteiger partial charge in [0.25, 0.3) is 0 Å². The van der Waals surface area contributed by atoms with Crippen molar-refractivity contribution in [2.75, 3.05) is 34.0 Å². The molecule has 0 aromatic carbocycles. The molecule has 0 saturated carbocycles. The number of nitrogens with one attached hydrogen (secondary N) is 1. The van der Waals surface area contributed by atoms with Crippen molar-refractivity contribution in [2.24, 2.45) is 0 Å². The standard InChI is InChI=1S/C11H21NO4S/c1-13-11(14-2)8-12-9(17)4-5-10-15-6-3-7-16-10/h10-11H,3-8H2,1-2H3,(H,12,17). The quantitative estimate of drug-likeness (QED) is 0.547. The third-order valence-electron chi connectivity index (χ3n) is 2.49. The fourth-order valence-corrected chi connectivity index (χ4v) is 1.70. The Morgan fingerprint density at radius 1 is 1.35 bits per heavy atom. The summed E-state index contributed by atoms with van der Waals surface area (Å²) in [6.07, 6.45) is 2.14. The summed E-state index contributed by atoms with van der Waals surface area (Å²) in [5, 5.41) is 3.09. The molecule has 1 heterocycles. The van der Waals surface area contributed by atoms with E-state index in [1.54, 1.807) is 14.2 Å². The van der Waals surface area contributed by atoms with Crippen LogP contribution < -0.4 is 5.32 Å². The highest BCUT2D eigenvalue weighted by Gasteiger charge is 2.14. The molecule has 0 bridgehead atoms. The zero-order valence-corrected chi connectivity index (χ0v) is 11.3. The molecular weight excluding hydrogens is 242 g/mol. The Morgan fingerprint density at radius 2 is 2.00 bits per heavy atom. The number of ether oxygens (including phenoxy) is 4. The second kappa shape index (κ2) is 8.77. The van der Waals surface area contributed by atoms with Gasteiger partial charge < -0.3 is 24.3 Å². The molecule has 17 heavy (non-hydrogen) atoms. The van der Waals surface area contributed by atoms with Gasteiger partial charge in [0, 0.05) is 27.1 Å². The van der Waals surface area contributed by atoms with E-state index in [4.69, 9.17) is 31.2 Å². The highest BCUT2D eigenvalue weighted by molar-refractivity contribution is 7.80. The summed E-state index contributed by atoms with van der Waals surface area (Å²) in [6.45, 7) is 2.11. The lowest BCUT2D eigenvalue weighted by Gasteiger charge is -2.23. The maximum atomic E-state index is 5.44. The minimum Gasteiger partial charge on any atom is -0.375 e. The topological polar surface area (TPSA) is 49.0 Å². The summed E-state index contributed by atoms with van der Waals surface area (Å²) in [6, 6.07) is 0. The van der Waals surface area contributed by atoms with Crippen LogP contribution in [-0.2, 0) is 18.9 Å². The third kappa shape index (κ3) is 6.28. The number of methoxy groups -OCH3 is 2. The molecule has 1 saturated heterocycles. The first-order valence-electron chi connectivity index (χ1n) is 5.81. The normalized spacial score (nSPS) is 17.4. The van der Waals surface area contributed by atoms with Gasteiger partial charge in [-0.1, -0.05) is 12.2 Å². The van der Waals surface area contributed by atoms with Crippen LogP contribution in [0.3, 0.4) is 0 Å². The Morgan fingerprint density at radius 3 is 2.59 bits per heavy atom. The van der Waals surface area contributed by atoms with E-state index in [-0.39, 0.29) is 12.6 Å². The van der Waals surface area contributed by atoms with E-state index >= 15 is 0 Å². The number of hydrogen-bond donors (Lipinski definition) is 1. The Kier molecular flexibility index (Phi) is 7.63. The van der Waals surface area contributed by atoms with Crippen molar-refractivity contribution in [3.8, 4) is 0 Å². The molecule has 0 aromatic heterocycles. The Bertz CT molecular complexity index is 218. The van der Waals surface area contributed by atoms with Gasteiger partial charge in [-0.15, -0.1) is 0 Å². The highest BCUT2D eigenvalue weighted by atomic mass is 32.1. The largest absolute Gasteiger partial charge is 0.375 e. The van der Waals surface area contributed by atoms with Gasteiger partial charge in [0.2, 0.25) is 0 Å². The van der Waals surface area contributed by atoms with Gasteiger partial charge in [-0.3, -0.25) is 0 Å². The van der Waals surface area contributed by atoms with Crippen LogP contribution in [0.1, 0.15) is 19.3 Å². The molecule has 5 nitrogen and oxygen atoms in total. The van der Waals surface area contributed by atoms with E-state index in [1.807, 2.05) is 0 Å². The summed E-state index contributed by atoms with van der Waals surface area (Å²) in [7, 11) is 3.20. The van der Waals surface area contributed by atoms with Gasteiger partial charge in [-0.2, -0.15) is 0 Å². The van der Waals surface area contributed by atoms with Crippen LogP contribution in [0.5, 0.6) is 0 Å². The number of thiocarbonyl (C=S) groups is 1. The first-order chi connectivity index (χ1) is 8.26. The lowest BCUT2D eigenvalue weighted by Crippen LogP contribution is -2.34. The third-order valence-corrected chi connectivity index (χ3v) is 2.84. The molecule has 1 aliphatic rings. The van der Waals surface area contributed by atoms with Crippen molar-refractivity contribution >= 4 is 17.2 Å². The van der Waals surface area contributed by atoms with E-state index in [1.165, 1.54) is 0 Å². The van der Waals surface area contributed by atoms with Crippen LogP contribution in [0, 0.1) is 0 Å². The van der Waals surface area contributed by atoms with Gasteiger partial charge >= 0.3 is 0 Å². The summed E-state index contributed by atoms with van der Waals surface area (Å²) >= 11 is 5.20. The second-order valence-corrected chi connectivity index (χ2v) is 4.26. The maximum absolute atomic E-state index is 5.44. The van der Waals surface area contributed by atoms with Crippen LogP contribution in [0.25, 0.3) is 0 Å². The highest BCUT2D eigenvalue weighted by Crippen LogP contribution is 2.10. The molecule has 0 atom stereocenters. The average Bonchev–Trinajstić information content (AvgIpc) is 2.39. The lowest BCUT2D eigenvalue weighted by atomic mass is 10.3. The molecule has 6 heteroatoms. The van der Waals surface area contributed by atoms with Crippen LogP contribution in [0.15, 0.2) is 0 Å². The molecular formula is C11H21NO4S. The summed E-state index contributed by atoms with van der Waals surface area (Å²) < 4.78 is 21.0. The second-order valence-electron chi connectivity index (χ2n) is 3.77. The monoisotopic (exact) mass is 263 g/mol. The minimum atomic E-state index is -0.268. The van der Waals surface area contributed by atoms with Crippen molar-refractivity contribution in [3.05, 3.63) is 0 Å².